The Balaban J connectivity index is 1.44. The molecule has 0 aromatic carbocycles. The van der Waals surface area contributed by atoms with E-state index in [-0.39, 0.29) is 0 Å². The maximum absolute atomic E-state index is 4.09. The van der Waals surface area contributed by atoms with E-state index in [0.717, 1.165) is 29.7 Å². The normalized spacial score (nSPS) is 44.2. The highest BCUT2D eigenvalue weighted by Crippen LogP contribution is 2.62. The summed E-state index contributed by atoms with van der Waals surface area (Å²) in [5, 5.41) is 4.09. The highest BCUT2D eigenvalue weighted by molar-refractivity contribution is 5.12. The number of rotatable bonds is 5. The van der Waals surface area contributed by atoms with Gasteiger partial charge in [0, 0.05) is 6.04 Å². The molecule has 4 saturated carbocycles. The maximum atomic E-state index is 4.09. The van der Waals surface area contributed by atoms with Crippen molar-refractivity contribution < 1.29 is 0 Å². The molecule has 3 atom stereocenters. The first kappa shape index (κ1) is 12.7. The third-order valence-corrected chi connectivity index (χ3v) is 7.28. The molecule has 4 aliphatic rings. The predicted octanol–water partition coefficient (Wildman–Crippen LogP) is 4.23. The van der Waals surface area contributed by atoms with Crippen molar-refractivity contribution >= 4 is 0 Å². The number of nitrogens with one attached hydrogen (secondary N) is 1. The van der Waals surface area contributed by atoms with E-state index in [1.807, 2.05) is 0 Å². The van der Waals surface area contributed by atoms with Gasteiger partial charge in [-0.1, -0.05) is 20.8 Å². The van der Waals surface area contributed by atoms with Crippen LogP contribution in [-0.2, 0) is 0 Å². The topological polar surface area (TPSA) is 12.0 Å². The van der Waals surface area contributed by atoms with Gasteiger partial charge in [0.25, 0.3) is 0 Å². The fraction of sp³-hybridized carbons (Fsp3) is 1.00. The summed E-state index contributed by atoms with van der Waals surface area (Å²) in [6, 6.07) is 0.777. The first-order valence-electron chi connectivity index (χ1n) is 8.74. The van der Waals surface area contributed by atoms with Crippen molar-refractivity contribution in [3.05, 3.63) is 0 Å². The quantitative estimate of drug-likeness (QED) is 0.781. The van der Waals surface area contributed by atoms with Crippen molar-refractivity contribution in [2.24, 2.45) is 34.5 Å². The fourth-order valence-electron chi connectivity index (χ4n) is 5.83. The Morgan fingerprint density at radius 2 is 1.63 bits per heavy atom. The molecule has 0 radical (unpaired) electrons. The fourth-order valence-corrected chi connectivity index (χ4v) is 5.83. The van der Waals surface area contributed by atoms with Crippen LogP contribution in [0.3, 0.4) is 0 Å². The van der Waals surface area contributed by atoms with E-state index in [1.165, 1.54) is 51.5 Å². The summed E-state index contributed by atoms with van der Waals surface area (Å²) < 4.78 is 0. The number of hydrogen-bond acceptors (Lipinski definition) is 1. The second-order valence-electron chi connectivity index (χ2n) is 9.10. The minimum absolute atomic E-state index is 0.532. The van der Waals surface area contributed by atoms with Gasteiger partial charge in [-0.2, -0.15) is 0 Å². The van der Waals surface area contributed by atoms with Crippen LogP contribution in [0.5, 0.6) is 0 Å². The zero-order chi connectivity index (χ0) is 13.3. The summed E-state index contributed by atoms with van der Waals surface area (Å²) in [6.07, 6.45) is 10.5. The molecule has 4 aliphatic carbocycles. The van der Waals surface area contributed by atoms with Gasteiger partial charge in [0.2, 0.25) is 0 Å². The van der Waals surface area contributed by atoms with Crippen LogP contribution in [0.25, 0.3) is 0 Å². The second-order valence-corrected chi connectivity index (χ2v) is 9.10. The summed E-state index contributed by atoms with van der Waals surface area (Å²) in [7, 11) is 0. The Kier molecular flexibility index (Phi) is 2.67. The molecule has 108 valence electrons. The Hall–Kier alpha value is -0.0400. The molecule has 4 fully saturated rings. The lowest BCUT2D eigenvalue weighted by Crippen LogP contribution is -2.51. The van der Waals surface area contributed by atoms with E-state index in [0.29, 0.717) is 10.8 Å². The number of hydrogen-bond donors (Lipinski definition) is 1. The van der Waals surface area contributed by atoms with Gasteiger partial charge in [0.15, 0.2) is 0 Å². The van der Waals surface area contributed by atoms with Crippen molar-refractivity contribution in [3.8, 4) is 0 Å². The lowest BCUT2D eigenvalue weighted by Gasteiger charge is -2.44. The van der Waals surface area contributed by atoms with Crippen molar-refractivity contribution in [2.75, 3.05) is 6.54 Å². The van der Waals surface area contributed by atoms with Crippen LogP contribution >= 0.6 is 0 Å². The largest absolute Gasteiger partial charge is 0.313 e. The molecule has 0 spiro atoms. The molecule has 0 aromatic rings. The Labute approximate surface area is 118 Å². The molecule has 4 rings (SSSR count). The van der Waals surface area contributed by atoms with Crippen molar-refractivity contribution in [1.82, 2.24) is 5.32 Å². The minimum atomic E-state index is 0.532. The smallest absolute Gasteiger partial charge is 0.0175 e. The van der Waals surface area contributed by atoms with Crippen LogP contribution in [0.15, 0.2) is 0 Å². The van der Waals surface area contributed by atoms with Crippen LogP contribution in [0, 0.1) is 34.5 Å². The SMILES string of the molecule is CC12CCC(C1)C(C)(C)C2NCC(C1CC1)C1CC1. The second kappa shape index (κ2) is 4.00. The Bertz CT molecular complexity index is 349. The summed E-state index contributed by atoms with van der Waals surface area (Å²) in [4.78, 5) is 0. The van der Waals surface area contributed by atoms with E-state index >= 15 is 0 Å². The summed E-state index contributed by atoms with van der Waals surface area (Å²) in [6.45, 7) is 8.94. The van der Waals surface area contributed by atoms with Crippen LogP contribution < -0.4 is 5.32 Å². The molecule has 19 heavy (non-hydrogen) atoms. The first-order chi connectivity index (χ1) is 9.01. The zero-order valence-corrected chi connectivity index (χ0v) is 13.0. The highest BCUT2D eigenvalue weighted by atomic mass is 15.0. The maximum Gasteiger partial charge on any atom is 0.0175 e. The molecule has 1 heteroatoms. The van der Waals surface area contributed by atoms with Gasteiger partial charge >= 0.3 is 0 Å². The molecular formula is C18H31N. The standard InChI is InChI=1S/C18H31N/c1-17(2)14-8-9-18(3,10-14)16(17)19-11-15(12-4-5-12)13-6-7-13/h12-16,19H,4-11H2,1-3H3. The van der Waals surface area contributed by atoms with Gasteiger partial charge in [-0.25, -0.2) is 0 Å². The summed E-state index contributed by atoms with van der Waals surface area (Å²) in [5.41, 5.74) is 1.14. The molecule has 2 bridgehead atoms. The molecule has 0 aliphatic heterocycles. The van der Waals surface area contributed by atoms with E-state index in [1.54, 1.807) is 0 Å². The Morgan fingerprint density at radius 1 is 1.00 bits per heavy atom. The van der Waals surface area contributed by atoms with E-state index in [2.05, 4.69) is 26.1 Å². The van der Waals surface area contributed by atoms with Crippen LogP contribution in [-0.4, -0.2) is 12.6 Å². The molecule has 1 nitrogen and oxygen atoms in total. The van der Waals surface area contributed by atoms with Gasteiger partial charge < -0.3 is 5.32 Å². The zero-order valence-electron chi connectivity index (χ0n) is 13.0. The lowest BCUT2D eigenvalue weighted by atomic mass is 9.68. The van der Waals surface area contributed by atoms with E-state index in [9.17, 15) is 0 Å². The monoisotopic (exact) mass is 261 g/mol. The molecule has 3 unspecified atom stereocenters. The van der Waals surface area contributed by atoms with E-state index in [4.69, 9.17) is 0 Å². The van der Waals surface area contributed by atoms with Crippen LogP contribution in [0.4, 0.5) is 0 Å². The lowest BCUT2D eigenvalue weighted by molar-refractivity contribution is 0.102. The third kappa shape index (κ3) is 1.99. The summed E-state index contributed by atoms with van der Waals surface area (Å²) in [5.74, 6) is 4.19. The average molecular weight is 261 g/mol. The van der Waals surface area contributed by atoms with E-state index < -0.39 is 0 Å². The molecule has 0 aromatic heterocycles. The summed E-state index contributed by atoms with van der Waals surface area (Å²) >= 11 is 0. The Morgan fingerprint density at radius 3 is 2.11 bits per heavy atom. The molecule has 0 saturated heterocycles. The molecule has 1 N–H and O–H groups in total. The average Bonchev–Trinajstić information content (AvgIpc) is 3.23. The van der Waals surface area contributed by atoms with Crippen LogP contribution in [0.2, 0.25) is 0 Å². The van der Waals surface area contributed by atoms with Gasteiger partial charge in [0.1, 0.15) is 0 Å². The predicted molar refractivity (Wildman–Crippen MR) is 80.0 cm³/mol. The van der Waals surface area contributed by atoms with Gasteiger partial charge in [0.05, 0.1) is 0 Å². The molecule has 0 amide bonds. The van der Waals surface area contributed by atoms with Gasteiger partial charge in [-0.3, -0.25) is 0 Å². The highest BCUT2D eigenvalue weighted by Gasteiger charge is 2.59. The molecule has 0 heterocycles. The number of fused-ring (bicyclic) bond motifs is 2. The van der Waals surface area contributed by atoms with Crippen molar-refractivity contribution in [2.45, 2.75) is 71.8 Å². The van der Waals surface area contributed by atoms with Gasteiger partial charge in [-0.15, -0.1) is 0 Å². The van der Waals surface area contributed by atoms with Crippen molar-refractivity contribution in [1.29, 1.82) is 0 Å². The van der Waals surface area contributed by atoms with Crippen molar-refractivity contribution in [3.63, 3.8) is 0 Å². The first-order valence-corrected chi connectivity index (χ1v) is 8.74. The van der Waals surface area contributed by atoms with Crippen LogP contribution in [0.1, 0.15) is 65.7 Å². The third-order valence-electron chi connectivity index (χ3n) is 7.28. The molecular weight excluding hydrogens is 230 g/mol. The van der Waals surface area contributed by atoms with Gasteiger partial charge in [-0.05, 0) is 86.0 Å². The minimum Gasteiger partial charge on any atom is -0.313 e.